The molecule has 0 saturated carbocycles. The first-order valence-corrected chi connectivity index (χ1v) is 7.95. The Hall–Kier alpha value is -2.90. The number of rotatable bonds is 5. The number of halogens is 1. The van der Waals surface area contributed by atoms with Gasteiger partial charge in [0.1, 0.15) is 0 Å². The number of aromatic nitrogens is 1. The molecule has 8 heteroatoms. The van der Waals surface area contributed by atoms with Crippen LogP contribution in [0.2, 0.25) is 0 Å². The van der Waals surface area contributed by atoms with E-state index in [2.05, 4.69) is 10.3 Å². The fourth-order valence-corrected chi connectivity index (χ4v) is 2.51. The second-order valence-electron chi connectivity index (χ2n) is 5.39. The Morgan fingerprint density at radius 1 is 1.40 bits per heavy atom. The molecule has 0 unspecified atom stereocenters. The summed E-state index contributed by atoms with van der Waals surface area (Å²) >= 11 is 0. The van der Waals surface area contributed by atoms with Gasteiger partial charge in [-0.15, -0.1) is 0 Å². The largest absolute Gasteiger partial charge is 0.477 e. The highest BCUT2D eigenvalue weighted by Crippen LogP contribution is 2.32. The topological polar surface area (TPSA) is 90.7 Å². The lowest BCUT2D eigenvalue weighted by molar-refractivity contribution is -0.122. The van der Waals surface area contributed by atoms with Crippen molar-refractivity contribution < 1.29 is 27.9 Å². The van der Waals surface area contributed by atoms with E-state index in [-0.39, 0.29) is 30.4 Å². The molecule has 1 aliphatic heterocycles. The van der Waals surface area contributed by atoms with E-state index in [4.69, 9.17) is 13.9 Å². The van der Waals surface area contributed by atoms with Gasteiger partial charge in [-0.25, -0.2) is 14.2 Å². The Morgan fingerprint density at radius 3 is 2.88 bits per heavy atom. The number of carbonyl (C=O) groups excluding carboxylic acids is 2. The van der Waals surface area contributed by atoms with E-state index in [0.717, 1.165) is 0 Å². The maximum Gasteiger partial charge on any atom is 0.362 e. The van der Waals surface area contributed by atoms with Crippen molar-refractivity contribution in [3.05, 3.63) is 41.2 Å². The number of hydrogen-bond donors (Lipinski definition) is 1. The number of anilines is 1. The Bertz CT molecular complexity index is 817. The van der Waals surface area contributed by atoms with E-state index in [1.165, 1.54) is 6.07 Å². The summed E-state index contributed by atoms with van der Waals surface area (Å²) in [6, 6.07) is 4.52. The van der Waals surface area contributed by atoms with Crippen LogP contribution in [-0.2, 0) is 22.4 Å². The number of amides is 1. The van der Waals surface area contributed by atoms with Gasteiger partial charge in [0.15, 0.2) is 23.6 Å². The minimum absolute atomic E-state index is 0.0695. The predicted octanol–water partition coefficient (Wildman–Crippen LogP) is 2.50. The fourth-order valence-electron chi connectivity index (χ4n) is 2.51. The number of esters is 1. The van der Waals surface area contributed by atoms with Crippen LogP contribution >= 0.6 is 0 Å². The maximum atomic E-state index is 13.7. The minimum atomic E-state index is -0.919. The van der Waals surface area contributed by atoms with Gasteiger partial charge in [-0.2, -0.15) is 0 Å². The summed E-state index contributed by atoms with van der Waals surface area (Å²) in [5.41, 5.74) is 0.506. The van der Waals surface area contributed by atoms with Crippen LogP contribution in [0.1, 0.15) is 35.8 Å². The molecule has 132 valence electrons. The molecule has 0 saturated heterocycles. The lowest BCUT2D eigenvalue weighted by Crippen LogP contribution is -2.32. The second-order valence-corrected chi connectivity index (χ2v) is 5.39. The highest BCUT2D eigenvalue weighted by molar-refractivity contribution is 6.00. The smallest absolute Gasteiger partial charge is 0.362 e. The summed E-state index contributed by atoms with van der Waals surface area (Å²) in [7, 11) is 0. The first-order valence-electron chi connectivity index (χ1n) is 7.95. The van der Waals surface area contributed by atoms with Gasteiger partial charge in [0.05, 0.1) is 6.61 Å². The number of benzene rings is 1. The second kappa shape index (κ2) is 6.92. The molecule has 0 fully saturated rings. The van der Waals surface area contributed by atoms with Crippen LogP contribution in [0.15, 0.2) is 22.6 Å². The van der Waals surface area contributed by atoms with Crippen molar-refractivity contribution in [3.8, 4) is 5.75 Å². The Kier molecular flexibility index (Phi) is 4.69. The monoisotopic (exact) mass is 348 g/mol. The first-order chi connectivity index (χ1) is 12.0. The third-order valence-corrected chi connectivity index (χ3v) is 3.69. The van der Waals surface area contributed by atoms with Crippen molar-refractivity contribution in [2.24, 2.45) is 0 Å². The predicted molar refractivity (Wildman–Crippen MR) is 85.0 cm³/mol. The summed E-state index contributed by atoms with van der Waals surface area (Å²) in [5, 5.41) is 2.48. The normalized spacial score (nSPS) is 15.4. The average Bonchev–Trinajstić information content (AvgIpc) is 3.20. The molecular formula is C17H17FN2O5. The van der Waals surface area contributed by atoms with Crippen LogP contribution in [-0.4, -0.2) is 29.6 Å². The van der Waals surface area contributed by atoms with E-state index in [9.17, 15) is 14.0 Å². The average molecular weight is 348 g/mol. The minimum Gasteiger partial charge on any atom is -0.477 e. The van der Waals surface area contributed by atoms with Gasteiger partial charge in [-0.3, -0.25) is 10.1 Å². The molecule has 1 amide bonds. The maximum absolute atomic E-state index is 13.7. The van der Waals surface area contributed by atoms with Gasteiger partial charge in [-0.1, -0.05) is 19.1 Å². The molecule has 0 bridgehead atoms. The lowest BCUT2D eigenvalue weighted by atomic mass is 10.1. The third-order valence-electron chi connectivity index (χ3n) is 3.69. The highest BCUT2D eigenvalue weighted by Gasteiger charge is 2.33. The van der Waals surface area contributed by atoms with Gasteiger partial charge in [0.2, 0.25) is 11.6 Å². The Labute approximate surface area is 143 Å². The number of aryl methyl sites for hydroxylation is 1. The van der Waals surface area contributed by atoms with Gasteiger partial charge in [-0.05, 0) is 13.0 Å². The Balaban J connectivity index is 1.77. The Morgan fingerprint density at radius 2 is 2.20 bits per heavy atom. The molecule has 1 aliphatic rings. The van der Waals surface area contributed by atoms with Crippen molar-refractivity contribution >= 4 is 17.8 Å². The number of fused-ring (bicyclic) bond motifs is 1. The van der Waals surface area contributed by atoms with E-state index in [1.54, 1.807) is 26.0 Å². The van der Waals surface area contributed by atoms with E-state index >= 15 is 0 Å². The van der Waals surface area contributed by atoms with Crippen molar-refractivity contribution in [1.29, 1.82) is 0 Å². The molecular weight excluding hydrogens is 331 g/mol. The summed E-state index contributed by atoms with van der Waals surface area (Å²) < 4.78 is 29.4. The molecule has 1 aromatic heterocycles. The highest BCUT2D eigenvalue weighted by atomic mass is 19.1. The van der Waals surface area contributed by atoms with Crippen molar-refractivity contribution in [1.82, 2.24) is 4.98 Å². The van der Waals surface area contributed by atoms with Gasteiger partial charge in [0, 0.05) is 18.4 Å². The number of nitrogens with one attached hydrogen (secondary N) is 1. The number of hydrogen-bond acceptors (Lipinski definition) is 6. The van der Waals surface area contributed by atoms with Crippen LogP contribution in [0, 0.1) is 5.82 Å². The van der Waals surface area contributed by atoms with Crippen molar-refractivity contribution in [3.63, 3.8) is 0 Å². The molecule has 3 rings (SSSR count). The molecule has 2 aromatic rings. The third kappa shape index (κ3) is 3.33. The van der Waals surface area contributed by atoms with Crippen LogP contribution in [0.3, 0.4) is 0 Å². The fraction of sp³-hybridized carbons (Fsp3) is 0.353. The van der Waals surface area contributed by atoms with Crippen LogP contribution in [0.5, 0.6) is 5.75 Å². The molecule has 25 heavy (non-hydrogen) atoms. The molecule has 0 radical (unpaired) electrons. The van der Waals surface area contributed by atoms with Crippen molar-refractivity contribution in [2.75, 3.05) is 11.9 Å². The number of nitrogens with zero attached hydrogens (tertiary/aromatic N) is 1. The first kappa shape index (κ1) is 16.9. The van der Waals surface area contributed by atoms with E-state index in [0.29, 0.717) is 17.9 Å². The molecule has 2 heterocycles. The van der Waals surface area contributed by atoms with Crippen LogP contribution < -0.4 is 10.1 Å². The molecule has 1 N–H and O–H groups in total. The van der Waals surface area contributed by atoms with Gasteiger partial charge in [0.25, 0.3) is 5.91 Å². The molecule has 1 atom stereocenters. The van der Waals surface area contributed by atoms with E-state index < -0.39 is 23.8 Å². The molecule has 7 nitrogen and oxygen atoms in total. The number of ether oxygens (including phenoxy) is 2. The number of oxazole rings is 1. The molecule has 0 spiro atoms. The standard InChI is InChI=1S/C17H17FN2O5/c1-3-12-19-13(17(22)23-4-2)16(25-12)20-15(21)11-8-9-6-5-7-10(18)14(9)24-11/h5-7,11H,3-4,8H2,1-2H3,(H,20,21)/t11-/m0/s1. The quantitative estimate of drug-likeness (QED) is 0.835. The van der Waals surface area contributed by atoms with E-state index in [1.807, 2.05) is 0 Å². The summed E-state index contributed by atoms with van der Waals surface area (Å²) in [4.78, 5) is 28.4. The van der Waals surface area contributed by atoms with Gasteiger partial charge >= 0.3 is 5.97 Å². The van der Waals surface area contributed by atoms with Crippen LogP contribution in [0.4, 0.5) is 10.3 Å². The summed E-state index contributed by atoms with van der Waals surface area (Å²) in [6.45, 7) is 3.63. The zero-order valence-electron chi connectivity index (χ0n) is 13.8. The summed E-state index contributed by atoms with van der Waals surface area (Å²) in [6.07, 6.45) is -0.251. The SMILES string of the molecule is CCOC(=O)c1nc(CC)oc1NC(=O)[C@@H]1Cc2cccc(F)c2O1. The van der Waals surface area contributed by atoms with Gasteiger partial charge < -0.3 is 13.9 Å². The number of para-hydroxylation sites is 1. The van der Waals surface area contributed by atoms with Crippen molar-refractivity contribution in [2.45, 2.75) is 32.8 Å². The lowest BCUT2D eigenvalue weighted by Gasteiger charge is -2.10. The zero-order valence-corrected chi connectivity index (χ0v) is 13.8. The summed E-state index contributed by atoms with van der Waals surface area (Å²) in [5.74, 6) is -1.50. The number of carbonyl (C=O) groups is 2. The van der Waals surface area contributed by atoms with Crippen LogP contribution in [0.25, 0.3) is 0 Å². The zero-order chi connectivity index (χ0) is 18.0. The molecule has 1 aromatic carbocycles. The molecule has 0 aliphatic carbocycles.